The molecule has 0 unspecified atom stereocenters. The van der Waals surface area contributed by atoms with Gasteiger partial charge in [-0.25, -0.2) is 4.98 Å². The summed E-state index contributed by atoms with van der Waals surface area (Å²) in [7, 11) is 0. The average Bonchev–Trinajstić information content (AvgIpc) is 3.54. The van der Waals surface area contributed by atoms with Crippen LogP contribution in [0.5, 0.6) is 11.5 Å². The Hall–Kier alpha value is -2.13. The summed E-state index contributed by atoms with van der Waals surface area (Å²) in [6.45, 7) is 0.881. The van der Waals surface area contributed by atoms with Gasteiger partial charge in [0.25, 0.3) is 5.91 Å². The predicted octanol–water partition coefficient (Wildman–Crippen LogP) is 5.31. The van der Waals surface area contributed by atoms with Gasteiger partial charge in [0.1, 0.15) is 5.69 Å². The largest absolute Gasteiger partial charge is 0.454 e. The minimum Gasteiger partial charge on any atom is -0.454 e. The molecule has 7 heteroatoms. The molecule has 1 saturated carbocycles. The van der Waals surface area contributed by atoms with Gasteiger partial charge in [-0.2, -0.15) is 0 Å². The van der Waals surface area contributed by atoms with Crippen molar-refractivity contribution in [3.8, 4) is 11.5 Å². The molecule has 1 amide bonds. The van der Waals surface area contributed by atoms with Crippen LogP contribution in [0.1, 0.15) is 52.3 Å². The van der Waals surface area contributed by atoms with Crippen LogP contribution in [0.15, 0.2) is 47.8 Å². The first-order valence-corrected chi connectivity index (χ1v) is 12.4. The van der Waals surface area contributed by atoms with Crippen LogP contribution >= 0.6 is 33.9 Å². The van der Waals surface area contributed by atoms with E-state index in [0.29, 0.717) is 12.2 Å². The molecule has 0 saturated heterocycles. The molecule has 1 fully saturated rings. The van der Waals surface area contributed by atoms with Gasteiger partial charge >= 0.3 is 0 Å². The number of rotatable bonds is 6. The molecule has 160 valence electrons. The lowest BCUT2D eigenvalue weighted by molar-refractivity contribution is 0.0938. The van der Waals surface area contributed by atoms with Gasteiger partial charge in [0.2, 0.25) is 6.79 Å². The third kappa shape index (κ3) is 4.43. The number of halogens is 1. The van der Waals surface area contributed by atoms with Crippen molar-refractivity contribution in [1.29, 1.82) is 0 Å². The molecule has 0 radical (unpaired) electrons. The molecular weight excluding hydrogens is 523 g/mol. The molecular formula is C24H23IN2O3S. The van der Waals surface area contributed by atoms with Crippen molar-refractivity contribution in [1.82, 2.24) is 10.3 Å². The SMILES string of the molecule is O=C(NCC1(c2ccc3c(c2)OCO3)CCCC1)c1csc(Cc2ccc(I)cc2)n1. The highest BCUT2D eigenvalue weighted by Gasteiger charge is 2.37. The van der Waals surface area contributed by atoms with E-state index in [2.05, 4.69) is 69.3 Å². The number of ether oxygens (including phenoxy) is 2. The standard InChI is InChI=1S/C24H23IN2O3S/c25-18-6-3-16(4-7-18)11-22-27-19(13-31-22)23(28)26-14-24(9-1-2-10-24)17-5-8-20-21(12-17)30-15-29-20/h3-8,12-13H,1-2,9-11,14-15H2,(H,26,28). The van der Waals surface area contributed by atoms with Gasteiger partial charge in [-0.05, 0) is 70.8 Å². The van der Waals surface area contributed by atoms with Crippen molar-refractivity contribution in [2.45, 2.75) is 37.5 Å². The number of hydrogen-bond acceptors (Lipinski definition) is 5. The molecule has 0 atom stereocenters. The second-order valence-electron chi connectivity index (χ2n) is 8.17. The van der Waals surface area contributed by atoms with E-state index in [-0.39, 0.29) is 18.1 Å². The molecule has 0 spiro atoms. The third-order valence-electron chi connectivity index (χ3n) is 6.19. The Balaban J connectivity index is 1.27. The molecule has 1 aliphatic heterocycles. The monoisotopic (exact) mass is 546 g/mol. The summed E-state index contributed by atoms with van der Waals surface area (Å²) >= 11 is 3.84. The van der Waals surface area contributed by atoms with Gasteiger partial charge in [0, 0.05) is 27.3 Å². The number of nitrogens with one attached hydrogen (secondary N) is 1. The van der Waals surface area contributed by atoms with Crippen molar-refractivity contribution in [3.63, 3.8) is 0 Å². The van der Waals surface area contributed by atoms with Gasteiger partial charge < -0.3 is 14.8 Å². The van der Waals surface area contributed by atoms with Crippen LogP contribution in [0, 0.1) is 3.57 Å². The zero-order valence-corrected chi connectivity index (χ0v) is 20.0. The average molecular weight is 546 g/mol. The molecule has 3 aromatic rings. The van der Waals surface area contributed by atoms with E-state index < -0.39 is 0 Å². The fourth-order valence-electron chi connectivity index (χ4n) is 4.46. The summed E-state index contributed by atoms with van der Waals surface area (Å²) in [5.74, 6) is 1.50. The maximum absolute atomic E-state index is 12.9. The summed E-state index contributed by atoms with van der Waals surface area (Å²) < 4.78 is 12.2. The molecule has 5 nitrogen and oxygen atoms in total. The van der Waals surface area contributed by atoms with E-state index >= 15 is 0 Å². The van der Waals surface area contributed by atoms with Crippen LogP contribution in [-0.4, -0.2) is 24.2 Å². The van der Waals surface area contributed by atoms with E-state index in [0.717, 1.165) is 35.8 Å². The lowest BCUT2D eigenvalue weighted by atomic mass is 9.78. The van der Waals surface area contributed by atoms with E-state index in [1.807, 2.05) is 11.4 Å². The van der Waals surface area contributed by atoms with Crippen LogP contribution in [0.3, 0.4) is 0 Å². The van der Waals surface area contributed by atoms with Gasteiger partial charge in [-0.15, -0.1) is 11.3 Å². The second-order valence-corrected chi connectivity index (χ2v) is 10.4. The summed E-state index contributed by atoms with van der Waals surface area (Å²) in [6, 6.07) is 14.6. The number of carbonyl (C=O) groups excluding carboxylic acids is 1. The smallest absolute Gasteiger partial charge is 0.270 e. The normalized spacial score (nSPS) is 16.4. The topological polar surface area (TPSA) is 60.5 Å². The maximum atomic E-state index is 12.9. The van der Waals surface area contributed by atoms with Crippen molar-refractivity contribution in [2.24, 2.45) is 0 Å². The molecule has 2 aliphatic rings. The van der Waals surface area contributed by atoms with Crippen molar-refractivity contribution in [3.05, 3.63) is 73.2 Å². The van der Waals surface area contributed by atoms with E-state index in [1.54, 1.807) is 0 Å². The summed E-state index contributed by atoms with van der Waals surface area (Å²) in [4.78, 5) is 17.4. The number of fused-ring (bicyclic) bond motifs is 1. The quantitative estimate of drug-likeness (QED) is 0.426. The molecule has 1 aromatic heterocycles. The number of aromatic nitrogens is 1. The molecule has 5 rings (SSSR count). The maximum Gasteiger partial charge on any atom is 0.270 e. The fourth-order valence-corrected chi connectivity index (χ4v) is 5.63. The van der Waals surface area contributed by atoms with Gasteiger partial charge in [-0.3, -0.25) is 4.79 Å². The first-order valence-electron chi connectivity index (χ1n) is 10.5. The predicted molar refractivity (Wildman–Crippen MR) is 129 cm³/mol. The van der Waals surface area contributed by atoms with Crippen LogP contribution in [0.25, 0.3) is 0 Å². The fraction of sp³-hybridized carbons (Fsp3) is 0.333. The van der Waals surface area contributed by atoms with E-state index in [9.17, 15) is 4.79 Å². The zero-order valence-electron chi connectivity index (χ0n) is 17.0. The van der Waals surface area contributed by atoms with E-state index in [1.165, 1.54) is 38.9 Å². The number of carbonyl (C=O) groups is 1. The highest BCUT2D eigenvalue weighted by atomic mass is 127. The molecule has 31 heavy (non-hydrogen) atoms. The van der Waals surface area contributed by atoms with Crippen LogP contribution in [0.2, 0.25) is 0 Å². The highest BCUT2D eigenvalue weighted by molar-refractivity contribution is 14.1. The van der Waals surface area contributed by atoms with Gasteiger partial charge in [0.15, 0.2) is 11.5 Å². The minimum atomic E-state index is -0.0999. The number of nitrogens with zero attached hydrogens (tertiary/aromatic N) is 1. The molecule has 0 bridgehead atoms. The Labute approximate surface area is 199 Å². The Morgan fingerprint density at radius 3 is 2.68 bits per heavy atom. The molecule has 1 N–H and O–H groups in total. The van der Waals surface area contributed by atoms with E-state index in [4.69, 9.17) is 9.47 Å². The van der Waals surface area contributed by atoms with Crippen LogP contribution < -0.4 is 14.8 Å². The number of hydrogen-bond donors (Lipinski definition) is 1. The first kappa shape index (κ1) is 20.8. The number of amides is 1. The van der Waals surface area contributed by atoms with Gasteiger partial charge in [-0.1, -0.05) is 31.0 Å². The molecule has 1 aliphatic carbocycles. The Bertz CT molecular complexity index is 1090. The Kier molecular flexibility index (Phi) is 5.88. The zero-order chi connectivity index (χ0) is 21.3. The lowest BCUT2D eigenvalue weighted by Crippen LogP contribution is -2.39. The molecule has 2 heterocycles. The third-order valence-corrected chi connectivity index (χ3v) is 7.75. The summed E-state index contributed by atoms with van der Waals surface area (Å²) in [5.41, 5.74) is 2.86. The van der Waals surface area contributed by atoms with Crippen LogP contribution in [-0.2, 0) is 11.8 Å². The Morgan fingerprint density at radius 2 is 1.87 bits per heavy atom. The minimum absolute atomic E-state index is 0.0589. The first-order chi connectivity index (χ1) is 15.1. The van der Waals surface area contributed by atoms with Crippen molar-refractivity contribution >= 4 is 39.8 Å². The number of benzene rings is 2. The molecule has 2 aromatic carbocycles. The second kappa shape index (κ2) is 8.78. The lowest BCUT2D eigenvalue weighted by Gasteiger charge is -2.30. The van der Waals surface area contributed by atoms with Crippen molar-refractivity contribution in [2.75, 3.05) is 13.3 Å². The van der Waals surface area contributed by atoms with Gasteiger partial charge in [0.05, 0.1) is 5.01 Å². The highest BCUT2D eigenvalue weighted by Crippen LogP contribution is 2.44. The summed E-state index contributed by atoms with van der Waals surface area (Å²) in [6.07, 6.45) is 5.20. The summed E-state index contributed by atoms with van der Waals surface area (Å²) in [5, 5.41) is 5.98. The Morgan fingerprint density at radius 1 is 1.10 bits per heavy atom. The van der Waals surface area contributed by atoms with Crippen molar-refractivity contribution < 1.29 is 14.3 Å². The van der Waals surface area contributed by atoms with Crippen LogP contribution in [0.4, 0.5) is 0 Å². The number of thiazole rings is 1.